The monoisotopic (exact) mass is 234 g/mol. The van der Waals surface area contributed by atoms with Gasteiger partial charge in [0.1, 0.15) is 0 Å². The first-order valence-corrected chi connectivity index (χ1v) is 6.27. The van der Waals surface area contributed by atoms with Crippen LogP contribution in [0, 0.1) is 6.92 Å². The molecule has 0 atom stereocenters. The molecule has 86 valence electrons. The van der Waals surface area contributed by atoms with Crippen LogP contribution in [0.1, 0.15) is 25.3 Å². The lowest BCUT2D eigenvalue weighted by molar-refractivity contribution is 0.882. The van der Waals surface area contributed by atoms with E-state index in [0.29, 0.717) is 6.04 Å². The number of para-hydroxylation sites is 1. The maximum atomic E-state index is 5.45. The number of thiocarbonyl (C=S) groups is 1. The standard InChI is InChI=1S/C13H18N2S/c1-3-15(13(16)14-11-8-9-11)12-7-5-4-6-10(12)2/h4-7,11H,3,8-9H2,1-2H3,(H,14,16). The van der Waals surface area contributed by atoms with Gasteiger partial charge < -0.3 is 10.2 Å². The van der Waals surface area contributed by atoms with Gasteiger partial charge in [0.15, 0.2) is 5.11 Å². The normalized spacial score (nSPS) is 14.6. The summed E-state index contributed by atoms with van der Waals surface area (Å²) in [4.78, 5) is 2.17. The summed E-state index contributed by atoms with van der Waals surface area (Å²) >= 11 is 5.45. The van der Waals surface area contributed by atoms with Gasteiger partial charge in [0, 0.05) is 18.3 Å². The van der Waals surface area contributed by atoms with E-state index in [2.05, 4.69) is 48.3 Å². The highest BCUT2D eigenvalue weighted by Gasteiger charge is 2.24. The quantitative estimate of drug-likeness (QED) is 0.810. The molecule has 1 aromatic carbocycles. The predicted octanol–water partition coefficient (Wildman–Crippen LogP) is 2.86. The Labute approximate surface area is 103 Å². The number of rotatable bonds is 3. The van der Waals surface area contributed by atoms with E-state index in [4.69, 9.17) is 12.2 Å². The maximum absolute atomic E-state index is 5.45. The molecule has 1 aromatic rings. The van der Waals surface area contributed by atoms with Crippen molar-refractivity contribution < 1.29 is 0 Å². The van der Waals surface area contributed by atoms with E-state index in [1.807, 2.05) is 0 Å². The van der Waals surface area contributed by atoms with Crippen LogP contribution in [0.5, 0.6) is 0 Å². The highest BCUT2D eigenvalue weighted by molar-refractivity contribution is 7.80. The average molecular weight is 234 g/mol. The van der Waals surface area contributed by atoms with Gasteiger partial charge in [-0.1, -0.05) is 18.2 Å². The van der Waals surface area contributed by atoms with Crippen LogP contribution in [0.2, 0.25) is 0 Å². The zero-order valence-corrected chi connectivity index (χ0v) is 10.7. The molecule has 1 N–H and O–H groups in total. The summed E-state index contributed by atoms with van der Waals surface area (Å²) in [5.41, 5.74) is 2.48. The number of anilines is 1. The summed E-state index contributed by atoms with van der Waals surface area (Å²) in [6, 6.07) is 8.98. The van der Waals surface area contributed by atoms with E-state index in [1.54, 1.807) is 0 Å². The molecule has 0 aromatic heterocycles. The molecule has 0 unspecified atom stereocenters. The van der Waals surface area contributed by atoms with Crippen molar-refractivity contribution in [3.63, 3.8) is 0 Å². The Morgan fingerprint density at radius 3 is 2.69 bits per heavy atom. The molecular weight excluding hydrogens is 216 g/mol. The number of nitrogens with one attached hydrogen (secondary N) is 1. The number of hydrogen-bond donors (Lipinski definition) is 1. The van der Waals surface area contributed by atoms with Gasteiger partial charge in [0.2, 0.25) is 0 Å². The number of nitrogens with zero attached hydrogens (tertiary/aromatic N) is 1. The van der Waals surface area contributed by atoms with Crippen molar-refractivity contribution in [1.82, 2.24) is 5.32 Å². The lowest BCUT2D eigenvalue weighted by Crippen LogP contribution is -2.41. The molecule has 2 nitrogen and oxygen atoms in total. The lowest BCUT2D eigenvalue weighted by atomic mass is 10.2. The van der Waals surface area contributed by atoms with Crippen LogP contribution in [0.25, 0.3) is 0 Å². The van der Waals surface area contributed by atoms with Crippen molar-refractivity contribution in [1.29, 1.82) is 0 Å². The van der Waals surface area contributed by atoms with Gasteiger partial charge in [0.25, 0.3) is 0 Å². The van der Waals surface area contributed by atoms with Crippen molar-refractivity contribution in [2.45, 2.75) is 32.7 Å². The highest BCUT2D eigenvalue weighted by Crippen LogP contribution is 2.22. The molecule has 3 heteroatoms. The van der Waals surface area contributed by atoms with Crippen molar-refractivity contribution in [3.05, 3.63) is 29.8 Å². The van der Waals surface area contributed by atoms with Crippen LogP contribution in [-0.2, 0) is 0 Å². The fraction of sp³-hybridized carbons (Fsp3) is 0.462. The van der Waals surface area contributed by atoms with Gasteiger partial charge in [0.05, 0.1) is 0 Å². The molecule has 2 rings (SSSR count). The van der Waals surface area contributed by atoms with Gasteiger partial charge in [-0.25, -0.2) is 0 Å². The number of benzene rings is 1. The third-order valence-corrected chi connectivity index (χ3v) is 3.21. The van der Waals surface area contributed by atoms with Crippen LogP contribution >= 0.6 is 12.2 Å². The van der Waals surface area contributed by atoms with Crippen molar-refractivity contribution in [2.24, 2.45) is 0 Å². The Balaban J connectivity index is 2.14. The summed E-state index contributed by atoms with van der Waals surface area (Å²) < 4.78 is 0. The van der Waals surface area contributed by atoms with Crippen molar-refractivity contribution >= 4 is 23.0 Å². The van der Waals surface area contributed by atoms with E-state index in [-0.39, 0.29) is 0 Å². The highest BCUT2D eigenvalue weighted by atomic mass is 32.1. The molecule has 0 bridgehead atoms. The van der Waals surface area contributed by atoms with E-state index in [0.717, 1.165) is 11.7 Å². The van der Waals surface area contributed by atoms with E-state index >= 15 is 0 Å². The van der Waals surface area contributed by atoms with Gasteiger partial charge in [-0.3, -0.25) is 0 Å². The fourth-order valence-electron chi connectivity index (χ4n) is 1.77. The Bertz CT molecular complexity index is 385. The molecule has 0 heterocycles. The van der Waals surface area contributed by atoms with Crippen LogP contribution in [0.4, 0.5) is 5.69 Å². The van der Waals surface area contributed by atoms with E-state index in [1.165, 1.54) is 24.1 Å². The average Bonchev–Trinajstić information content (AvgIpc) is 3.06. The molecule has 1 fully saturated rings. The lowest BCUT2D eigenvalue weighted by Gasteiger charge is -2.26. The Morgan fingerprint density at radius 1 is 1.44 bits per heavy atom. The SMILES string of the molecule is CCN(C(=S)NC1CC1)c1ccccc1C. The number of aryl methyl sites for hydroxylation is 1. The van der Waals surface area contributed by atoms with Crippen LogP contribution < -0.4 is 10.2 Å². The summed E-state index contributed by atoms with van der Waals surface area (Å²) in [7, 11) is 0. The molecule has 0 spiro atoms. The van der Waals surface area contributed by atoms with Gasteiger partial charge in [-0.2, -0.15) is 0 Å². The Morgan fingerprint density at radius 2 is 2.12 bits per heavy atom. The predicted molar refractivity (Wildman–Crippen MR) is 73.0 cm³/mol. The van der Waals surface area contributed by atoms with Gasteiger partial charge in [-0.05, 0) is 50.5 Å². The maximum Gasteiger partial charge on any atom is 0.173 e. The Kier molecular flexibility index (Phi) is 3.44. The van der Waals surface area contributed by atoms with Crippen LogP contribution in [-0.4, -0.2) is 17.7 Å². The van der Waals surface area contributed by atoms with Crippen LogP contribution in [0.15, 0.2) is 24.3 Å². The zero-order chi connectivity index (χ0) is 11.5. The summed E-state index contributed by atoms with van der Waals surface area (Å²) in [6.07, 6.45) is 2.51. The van der Waals surface area contributed by atoms with Crippen molar-refractivity contribution in [2.75, 3.05) is 11.4 Å². The largest absolute Gasteiger partial charge is 0.360 e. The number of hydrogen-bond acceptors (Lipinski definition) is 1. The summed E-state index contributed by atoms with van der Waals surface area (Å²) in [5.74, 6) is 0. The molecule has 0 radical (unpaired) electrons. The second kappa shape index (κ2) is 4.83. The molecule has 0 amide bonds. The second-order valence-electron chi connectivity index (χ2n) is 4.25. The molecule has 0 aliphatic heterocycles. The minimum Gasteiger partial charge on any atom is -0.360 e. The third-order valence-electron chi connectivity index (χ3n) is 2.87. The Hall–Kier alpha value is -1.09. The molecule has 1 saturated carbocycles. The van der Waals surface area contributed by atoms with Crippen LogP contribution in [0.3, 0.4) is 0 Å². The van der Waals surface area contributed by atoms with E-state index in [9.17, 15) is 0 Å². The fourth-order valence-corrected chi connectivity index (χ4v) is 2.16. The summed E-state index contributed by atoms with van der Waals surface area (Å²) in [6.45, 7) is 5.16. The third kappa shape index (κ3) is 2.53. The van der Waals surface area contributed by atoms with Crippen molar-refractivity contribution in [3.8, 4) is 0 Å². The topological polar surface area (TPSA) is 15.3 Å². The first-order chi connectivity index (χ1) is 7.72. The molecule has 16 heavy (non-hydrogen) atoms. The van der Waals surface area contributed by atoms with E-state index < -0.39 is 0 Å². The zero-order valence-electron chi connectivity index (χ0n) is 9.86. The summed E-state index contributed by atoms with van der Waals surface area (Å²) in [5, 5.41) is 4.25. The molecular formula is C13H18N2S. The molecule has 0 saturated heterocycles. The first kappa shape index (κ1) is 11.4. The minimum atomic E-state index is 0.616. The van der Waals surface area contributed by atoms with Gasteiger partial charge >= 0.3 is 0 Å². The first-order valence-electron chi connectivity index (χ1n) is 5.86. The van der Waals surface area contributed by atoms with Gasteiger partial charge in [-0.15, -0.1) is 0 Å². The minimum absolute atomic E-state index is 0.616. The molecule has 1 aliphatic rings. The smallest absolute Gasteiger partial charge is 0.173 e. The molecule has 1 aliphatic carbocycles. The second-order valence-corrected chi connectivity index (χ2v) is 4.64.